The van der Waals surface area contributed by atoms with Gasteiger partial charge in [-0.25, -0.2) is 4.79 Å². The molecule has 10 heteroatoms. The number of benzene rings is 2. The summed E-state index contributed by atoms with van der Waals surface area (Å²) in [6, 6.07) is 11.7. The standard InChI is InChI=1S/C23H21N5O4S/c1-13-4-7-18(10-14(13)2)27-21(30)19(15(3)25-27)11-24-28-20(29)12-26(23(28)33)17-8-5-16(6-9-17)22(31)32/h4-11,19H,12H2,1-3H3,(H,31,32)/b24-11+. The van der Waals surface area contributed by atoms with Gasteiger partial charge in [-0.3, -0.25) is 9.59 Å². The molecular weight excluding hydrogens is 442 g/mol. The average Bonchev–Trinajstić information content (AvgIpc) is 3.23. The van der Waals surface area contributed by atoms with Crippen LogP contribution in [0.4, 0.5) is 11.4 Å². The third-order valence-electron chi connectivity index (χ3n) is 5.62. The molecule has 0 bridgehead atoms. The van der Waals surface area contributed by atoms with Crippen LogP contribution in [0, 0.1) is 19.8 Å². The molecule has 33 heavy (non-hydrogen) atoms. The van der Waals surface area contributed by atoms with Crippen LogP contribution in [-0.2, 0) is 9.59 Å². The summed E-state index contributed by atoms with van der Waals surface area (Å²) in [5, 5.41) is 20.2. The van der Waals surface area contributed by atoms with Crippen molar-refractivity contribution in [2.75, 3.05) is 16.5 Å². The Balaban J connectivity index is 1.50. The number of amides is 2. The van der Waals surface area contributed by atoms with E-state index in [2.05, 4.69) is 10.2 Å². The van der Waals surface area contributed by atoms with Crippen molar-refractivity contribution in [1.29, 1.82) is 0 Å². The van der Waals surface area contributed by atoms with Crippen LogP contribution in [0.1, 0.15) is 28.4 Å². The van der Waals surface area contributed by atoms with Gasteiger partial charge in [-0.2, -0.15) is 20.2 Å². The number of nitrogens with zero attached hydrogens (tertiary/aromatic N) is 5. The van der Waals surface area contributed by atoms with Gasteiger partial charge in [0.2, 0.25) is 5.11 Å². The van der Waals surface area contributed by atoms with Gasteiger partial charge in [-0.15, -0.1) is 0 Å². The molecule has 0 radical (unpaired) electrons. The monoisotopic (exact) mass is 463 g/mol. The SMILES string of the molecule is CC1=NN(c2ccc(C)c(C)c2)C(=O)C1/C=N/N1C(=O)CN(c2ccc(C(=O)O)cc2)C1=S. The van der Waals surface area contributed by atoms with Gasteiger partial charge < -0.3 is 10.0 Å². The first-order chi connectivity index (χ1) is 15.7. The molecule has 9 nitrogen and oxygen atoms in total. The molecular formula is C23H21N5O4S. The Labute approximate surface area is 195 Å². The Morgan fingerprint density at radius 1 is 1.09 bits per heavy atom. The Bertz CT molecular complexity index is 1240. The summed E-state index contributed by atoms with van der Waals surface area (Å²) < 4.78 is 0. The van der Waals surface area contributed by atoms with E-state index in [-0.39, 0.29) is 29.0 Å². The van der Waals surface area contributed by atoms with Crippen molar-refractivity contribution in [3.8, 4) is 0 Å². The highest BCUT2D eigenvalue weighted by atomic mass is 32.1. The number of aryl methyl sites for hydroxylation is 2. The number of carboxylic acid groups (broad SMARTS) is 1. The van der Waals surface area contributed by atoms with Crippen LogP contribution in [0.25, 0.3) is 0 Å². The van der Waals surface area contributed by atoms with Crippen LogP contribution in [0.2, 0.25) is 0 Å². The molecule has 1 unspecified atom stereocenters. The highest BCUT2D eigenvalue weighted by Crippen LogP contribution is 2.26. The zero-order chi connectivity index (χ0) is 23.9. The topological polar surface area (TPSA) is 106 Å². The number of carboxylic acids is 1. The minimum atomic E-state index is -1.04. The first-order valence-electron chi connectivity index (χ1n) is 10.2. The number of hydrazone groups is 2. The molecule has 168 valence electrons. The quantitative estimate of drug-likeness (QED) is 0.540. The number of aromatic carboxylic acids is 1. The van der Waals surface area contributed by atoms with E-state index < -0.39 is 11.9 Å². The van der Waals surface area contributed by atoms with Crippen LogP contribution >= 0.6 is 12.2 Å². The Morgan fingerprint density at radius 3 is 2.39 bits per heavy atom. The summed E-state index contributed by atoms with van der Waals surface area (Å²) in [7, 11) is 0. The molecule has 0 aliphatic carbocycles. The van der Waals surface area contributed by atoms with E-state index in [4.69, 9.17) is 17.3 Å². The number of thiocarbonyl (C=S) groups is 1. The van der Waals surface area contributed by atoms with E-state index in [1.165, 1.54) is 23.4 Å². The molecule has 2 aliphatic rings. The maximum absolute atomic E-state index is 13.0. The first kappa shape index (κ1) is 22.3. The lowest BCUT2D eigenvalue weighted by atomic mass is 10.1. The number of carbonyl (C=O) groups is 3. The van der Waals surface area contributed by atoms with E-state index in [0.717, 1.165) is 16.1 Å². The molecule has 2 heterocycles. The zero-order valence-corrected chi connectivity index (χ0v) is 19.0. The number of hydrogen-bond acceptors (Lipinski definition) is 6. The third kappa shape index (κ3) is 4.12. The molecule has 1 fully saturated rings. The van der Waals surface area contributed by atoms with Crippen molar-refractivity contribution < 1.29 is 19.5 Å². The van der Waals surface area contributed by atoms with Crippen molar-refractivity contribution in [3.05, 3.63) is 59.2 Å². The van der Waals surface area contributed by atoms with Gasteiger partial charge in [0.1, 0.15) is 12.5 Å². The average molecular weight is 464 g/mol. The summed E-state index contributed by atoms with van der Waals surface area (Å²) in [6.07, 6.45) is 1.38. The fourth-order valence-corrected chi connectivity index (χ4v) is 3.84. The van der Waals surface area contributed by atoms with E-state index in [0.29, 0.717) is 17.1 Å². The largest absolute Gasteiger partial charge is 0.478 e. The minimum Gasteiger partial charge on any atom is -0.478 e. The lowest BCUT2D eigenvalue weighted by Gasteiger charge is -2.18. The van der Waals surface area contributed by atoms with Crippen molar-refractivity contribution in [1.82, 2.24) is 5.01 Å². The van der Waals surface area contributed by atoms with Crippen molar-refractivity contribution in [3.63, 3.8) is 0 Å². The van der Waals surface area contributed by atoms with Crippen LogP contribution in [0.5, 0.6) is 0 Å². The molecule has 2 aromatic rings. The molecule has 4 rings (SSSR count). The number of rotatable bonds is 5. The predicted molar refractivity (Wildman–Crippen MR) is 129 cm³/mol. The fourth-order valence-electron chi connectivity index (χ4n) is 3.52. The normalized spacial score (nSPS) is 18.6. The molecule has 0 aromatic heterocycles. The lowest BCUT2D eigenvalue weighted by Crippen LogP contribution is -2.31. The Morgan fingerprint density at radius 2 is 1.76 bits per heavy atom. The van der Waals surface area contributed by atoms with Crippen LogP contribution < -0.4 is 9.91 Å². The fraction of sp³-hybridized carbons (Fsp3) is 0.217. The van der Waals surface area contributed by atoms with E-state index in [1.807, 2.05) is 32.0 Å². The Hall–Kier alpha value is -3.92. The zero-order valence-electron chi connectivity index (χ0n) is 18.2. The van der Waals surface area contributed by atoms with Crippen molar-refractivity contribution in [2.24, 2.45) is 16.1 Å². The third-order valence-corrected chi connectivity index (χ3v) is 6.01. The molecule has 2 amide bonds. The predicted octanol–water partition coefficient (Wildman–Crippen LogP) is 2.96. The van der Waals surface area contributed by atoms with Gasteiger partial charge >= 0.3 is 5.97 Å². The summed E-state index contributed by atoms with van der Waals surface area (Å²) >= 11 is 5.41. The van der Waals surface area contributed by atoms with Gasteiger partial charge in [0.05, 0.1) is 17.0 Å². The van der Waals surface area contributed by atoms with Crippen LogP contribution in [0.15, 0.2) is 52.7 Å². The highest BCUT2D eigenvalue weighted by molar-refractivity contribution is 7.80. The smallest absolute Gasteiger partial charge is 0.335 e. The van der Waals surface area contributed by atoms with Gasteiger partial charge in [-0.1, -0.05) is 6.07 Å². The molecule has 1 atom stereocenters. The van der Waals surface area contributed by atoms with Gasteiger partial charge in [-0.05, 0) is 80.5 Å². The molecule has 2 aromatic carbocycles. The van der Waals surface area contributed by atoms with E-state index >= 15 is 0 Å². The summed E-state index contributed by atoms with van der Waals surface area (Å²) in [6.45, 7) is 5.66. The van der Waals surface area contributed by atoms with E-state index in [1.54, 1.807) is 24.0 Å². The van der Waals surface area contributed by atoms with Gasteiger partial charge in [0.25, 0.3) is 11.8 Å². The number of anilines is 2. The van der Waals surface area contributed by atoms with Gasteiger partial charge in [0.15, 0.2) is 0 Å². The minimum absolute atomic E-state index is 0.0386. The molecule has 1 saturated heterocycles. The first-order valence-corrected chi connectivity index (χ1v) is 10.6. The molecule has 2 aliphatic heterocycles. The van der Waals surface area contributed by atoms with Gasteiger partial charge in [0, 0.05) is 11.9 Å². The molecule has 0 saturated carbocycles. The highest BCUT2D eigenvalue weighted by Gasteiger charge is 2.36. The Kier molecular flexibility index (Phi) is 5.77. The lowest BCUT2D eigenvalue weighted by molar-refractivity contribution is -0.124. The summed E-state index contributed by atoms with van der Waals surface area (Å²) in [4.78, 5) is 38.1. The van der Waals surface area contributed by atoms with Crippen LogP contribution in [-0.4, -0.2) is 51.5 Å². The summed E-state index contributed by atoms with van der Waals surface area (Å²) in [5.41, 5.74) is 4.10. The van der Waals surface area contributed by atoms with Crippen molar-refractivity contribution in [2.45, 2.75) is 20.8 Å². The van der Waals surface area contributed by atoms with Crippen LogP contribution in [0.3, 0.4) is 0 Å². The maximum atomic E-state index is 13.0. The molecule has 1 N–H and O–H groups in total. The van der Waals surface area contributed by atoms with Crippen molar-refractivity contribution >= 4 is 58.4 Å². The maximum Gasteiger partial charge on any atom is 0.335 e. The number of carbonyl (C=O) groups excluding carboxylic acids is 2. The second-order valence-electron chi connectivity index (χ2n) is 7.83. The number of hydrogen-bond donors (Lipinski definition) is 1. The second-order valence-corrected chi connectivity index (χ2v) is 8.19. The van der Waals surface area contributed by atoms with E-state index in [9.17, 15) is 14.4 Å². The molecule has 0 spiro atoms. The second kappa shape index (κ2) is 8.55. The summed E-state index contributed by atoms with van der Waals surface area (Å²) in [5.74, 6) is -2.38.